The van der Waals surface area contributed by atoms with Crippen molar-refractivity contribution < 1.29 is 5.11 Å². The number of imidazole rings is 1. The average Bonchev–Trinajstić information content (AvgIpc) is 2.94. The minimum Gasteiger partial charge on any atom is -0.384 e. The predicted molar refractivity (Wildman–Crippen MR) is 74.5 cm³/mol. The number of aromatic amines is 1. The summed E-state index contributed by atoms with van der Waals surface area (Å²) >= 11 is 0. The van der Waals surface area contributed by atoms with Gasteiger partial charge in [0.15, 0.2) is 0 Å². The molecular formula is C15H15N3O. The van der Waals surface area contributed by atoms with Crippen molar-refractivity contribution in [3.8, 4) is 0 Å². The number of H-pyrrole nitrogens is 1. The van der Waals surface area contributed by atoms with Crippen LogP contribution in [-0.2, 0) is 6.54 Å². The summed E-state index contributed by atoms with van der Waals surface area (Å²) in [4.78, 5) is 7.21. The molecule has 0 amide bonds. The first-order valence-corrected chi connectivity index (χ1v) is 6.18. The average molecular weight is 253 g/mol. The van der Waals surface area contributed by atoms with Crippen molar-refractivity contribution in [1.29, 1.82) is 0 Å². The highest BCUT2D eigenvalue weighted by Crippen LogP contribution is 2.24. The van der Waals surface area contributed by atoms with Crippen LogP contribution < -0.4 is 5.73 Å². The molecule has 2 aromatic carbocycles. The van der Waals surface area contributed by atoms with Gasteiger partial charge in [0.25, 0.3) is 0 Å². The number of aromatic nitrogens is 2. The second-order valence-electron chi connectivity index (χ2n) is 4.53. The maximum absolute atomic E-state index is 10.4. The second kappa shape index (κ2) is 4.84. The first-order chi connectivity index (χ1) is 9.28. The molecule has 19 heavy (non-hydrogen) atoms. The highest BCUT2D eigenvalue weighted by Gasteiger charge is 2.11. The Morgan fingerprint density at radius 2 is 2.00 bits per heavy atom. The van der Waals surface area contributed by atoms with Gasteiger partial charge in [0.2, 0.25) is 0 Å². The lowest BCUT2D eigenvalue weighted by atomic mass is 9.99. The van der Waals surface area contributed by atoms with Gasteiger partial charge in [-0.2, -0.15) is 0 Å². The Morgan fingerprint density at radius 3 is 2.84 bits per heavy atom. The van der Waals surface area contributed by atoms with Gasteiger partial charge in [0.1, 0.15) is 6.10 Å². The smallest absolute Gasteiger partial charge is 0.104 e. The minimum atomic E-state index is -0.654. The van der Waals surface area contributed by atoms with Crippen molar-refractivity contribution in [1.82, 2.24) is 9.97 Å². The van der Waals surface area contributed by atoms with Crippen LogP contribution in [0.25, 0.3) is 11.0 Å². The lowest BCUT2D eigenvalue weighted by molar-refractivity contribution is 0.220. The number of aliphatic hydroxyl groups excluding tert-OH is 1. The fraction of sp³-hybridized carbons (Fsp3) is 0.133. The summed E-state index contributed by atoms with van der Waals surface area (Å²) in [6.45, 7) is 0.472. The Labute approximate surface area is 110 Å². The molecule has 4 N–H and O–H groups in total. The Kier molecular flexibility index (Phi) is 3.03. The van der Waals surface area contributed by atoms with Gasteiger partial charge in [-0.15, -0.1) is 0 Å². The molecule has 0 fully saturated rings. The summed E-state index contributed by atoms with van der Waals surface area (Å²) in [6, 6.07) is 13.4. The predicted octanol–water partition coefficient (Wildman–Crippen LogP) is 2.10. The van der Waals surface area contributed by atoms with E-state index in [9.17, 15) is 5.11 Å². The first kappa shape index (κ1) is 11.9. The first-order valence-electron chi connectivity index (χ1n) is 6.18. The van der Waals surface area contributed by atoms with Crippen LogP contribution in [0.5, 0.6) is 0 Å². The van der Waals surface area contributed by atoms with Crippen molar-refractivity contribution >= 4 is 11.0 Å². The van der Waals surface area contributed by atoms with Gasteiger partial charge < -0.3 is 15.8 Å². The molecular weight excluding hydrogens is 238 g/mol. The molecule has 3 rings (SSSR count). The number of hydrogen-bond acceptors (Lipinski definition) is 3. The van der Waals surface area contributed by atoms with E-state index in [4.69, 9.17) is 5.73 Å². The van der Waals surface area contributed by atoms with Gasteiger partial charge in [-0.3, -0.25) is 0 Å². The van der Waals surface area contributed by atoms with Gasteiger partial charge in [0, 0.05) is 6.54 Å². The summed E-state index contributed by atoms with van der Waals surface area (Å²) in [5.74, 6) is 0. The number of benzene rings is 2. The van der Waals surface area contributed by atoms with E-state index in [0.29, 0.717) is 6.54 Å². The van der Waals surface area contributed by atoms with E-state index in [0.717, 1.165) is 27.7 Å². The molecule has 1 unspecified atom stereocenters. The SMILES string of the molecule is NCc1cccc(C(O)c2ccc3nc[nH]c3c2)c1. The molecule has 4 heteroatoms. The zero-order valence-corrected chi connectivity index (χ0v) is 10.4. The number of nitrogens with two attached hydrogens (primary N) is 1. The third kappa shape index (κ3) is 2.23. The van der Waals surface area contributed by atoms with Gasteiger partial charge in [-0.05, 0) is 28.8 Å². The van der Waals surface area contributed by atoms with Gasteiger partial charge in [-0.1, -0.05) is 30.3 Å². The number of rotatable bonds is 3. The fourth-order valence-electron chi connectivity index (χ4n) is 2.21. The molecule has 0 spiro atoms. The van der Waals surface area contributed by atoms with E-state index in [1.165, 1.54) is 0 Å². The molecule has 0 radical (unpaired) electrons. The zero-order chi connectivity index (χ0) is 13.2. The highest BCUT2D eigenvalue weighted by atomic mass is 16.3. The van der Waals surface area contributed by atoms with E-state index in [2.05, 4.69) is 9.97 Å². The van der Waals surface area contributed by atoms with E-state index >= 15 is 0 Å². The third-order valence-corrected chi connectivity index (χ3v) is 3.26. The monoisotopic (exact) mass is 253 g/mol. The number of fused-ring (bicyclic) bond motifs is 1. The van der Waals surface area contributed by atoms with Crippen LogP contribution in [0.3, 0.4) is 0 Å². The standard InChI is InChI=1S/C15H15N3O/c16-8-10-2-1-3-11(6-10)15(19)12-4-5-13-14(7-12)18-9-17-13/h1-7,9,15,19H,8,16H2,(H,17,18). The number of nitrogens with one attached hydrogen (secondary N) is 1. The van der Waals surface area contributed by atoms with Gasteiger partial charge in [-0.25, -0.2) is 4.98 Å². The number of aliphatic hydroxyl groups is 1. The molecule has 1 heterocycles. The summed E-state index contributed by atoms with van der Waals surface area (Å²) < 4.78 is 0. The zero-order valence-electron chi connectivity index (χ0n) is 10.4. The van der Waals surface area contributed by atoms with Gasteiger partial charge >= 0.3 is 0 Å². The van der Waals surface area contributed by atoms with Crippen molar-refractivity contribution in [2.75, 3.05) is 0 Å². The molecule has 1 atom stereocenters. The quantitative estimate of drug-likeness (QED) is 0.669. The lowest BCUT2D eigenvalue weighted by Crippen LogP contribution is -2.02. The van der Waals surface area contributed by atoms with Crippen LogP contribution in [0.4, 0.5) is 0 Å². The Balaban J connectivity index is 1.99. The maximum Gasteiger partial charge on any atom is 0.104 e. The van der Waals surface area contributed by atoms with Crippen molar-refractivity contribution in [3.05, 3.63) is 65.5 Å². The van der Waals surface area contributed by atoms with Crippen LogP contribution in [0.2, 0.25) is 0 Å². The van der Waals surface area contributed by atoms with Gasteiger partial charge in [0.05, 0.1) is 17.4 Å². The Bertz CT molecular complexity index is 705. The molecule has 3 aromatic rings. The van der Waals surface area contributed by atoms with Crippen LogP contribution in [0.1, 0.15) is 22.8 Å². The van der Waals surface area contributed by atoms with Crippen LogP contribution in [0, 0.1) is 0 Å². The van der Waals surface area contributed by atoms with Crippen LogP contribution >= 0.6 is 0 Å². The number of hydrogen-bond donors (Lipinski definition) is 3. The molecule has 0 bridgehead atoms. The second-order valence-corrected chi connectivity index (χ2v) is 4.53. The molecule has 1 aromatic heterocycles. The normalized spacial score (nSPS) is 12.7. The highest BCUT2D eigenvalue weighted by molar-refractivity contribution is 5.75. The van der Waals surface area contributed by atoms with E-state index in [1.807, 2.05) is 42.5 Å². The van der Waals surface area contributed by atoms with Crippen LogP contribution in [-0.4, -0.2) is 15.1 Å². The molecule has 0 aliphatic rings. The molecule has 4 nitrogen and oxygen atoms in total. The van der Waals surface area contributed by atoms with Crippen molar-refractivity contribution in [3.63, 3.8) is 0 Å². The number of nitrogens with zero attached hydrogens (tertiary/aromatic N) is 1. The Morgan fingerprint density at radius 1 is 1.16 bits per heavy atom. The Hall–Kier alpha value is -2.17. The molecule has 96 valence electrons. The summed E-state index contributed by atoms with van der Waals surface area (Å²) in [6.07, 6.45) is 0.995. The molecule has 0 aliphatic heterocycles. The van der Waals surface area contributed by atoms with Crippen molar-refractivity contribution in [2.24, 2.45) is 5.73 Å². The maximum atomic E-state index is 10.4. The lowest BCUT2D eigenvalue weighted by Gasteiger charge is -2.12. The molecule has 0 aliphatic carbocycles. The van der Waals surface area contributed by atoms with E-state index < -0.39 is 6.10 Å². The van der Waals surface area contributed by atoms with Crippen molar-refractivity contribution in [2.45, 2.75) is 12.6 Å². The van der Waals surface area contributed by atoms with Crippen LogP contribution in [0.15, 0.2) is 48.8 Å². The largest absolute Gasteiger partial charge is 0.384 e. The summed E-state index contributed by atoms with van der Waals surface area (Å²) in [5.41, 5.74) is 10.1. The molecule has 0 saturated carbocycles. The minimum absolute atomic E-state index is 0.472. The summed E-state index contributed by atoms with van der Waals surface area (Å²) in [7, 11) is 0. The molecule has 0 saturated heterocycles. The fourth-order valence-corrected chi connectivity index (χ4v) is 2.21. The van der Waals surface area contributed by atoms with E-state index in [-0.39, 0.29) is 0 Å². The third-order valence-electron chi connectivity index (χ3n) is 3.26. The topological polar surface area (TPSA) is 74.9 Å². The summed E-state index contributed by atoms with van der Waals surface area (Å²) in [5, 5.41) is 10.4. The van der Waals surface area contributed by atoms with E-state index in [1.54, 1.807) is 6.33 Å².